The number of halogens is 1. The second-order valence-corrected chi connectivity index (χ2v) is 6.57. The lowest BCUT2D eigenvalue weighted by molar-refractivity contribution is 0.607. The lowest BCUT2D eigenvalue weighted by Crippen LogP contribution is -2.09. The van der Waals surface area contributed by atoms with Crippen LogP contribution in [0.4, 0.5) is 5.69 Å². The third-order valence-corrected chi connectivity index (χ3v) is 3.64. The molecule has 0 radical (unpaired) electrons. The maximum Gasteiger partial charge on any atom is 0.229 e. The lowest BCUT2D eigenvalue weighted by atomic mass is 10.2. The number of hydrogen-bond acceptors (Lipinski definition) is 4. The van der Waals surface area contributed by atoms with Crippen LogP contribution in [0.15, 0.2) is 42.7 Å². The third kappa shape index (κ3) is 2.84. The first-order valence-corrected chi connectivity index (χ1v) is 8.28. The van der Waals surface area contributed by atoms with E-state index in [0.29, 0.717) is 11.5 Å². The largest absolute Gasteiger partial charge is 0.299 e. The summed E-state index contributed by atoms with van der Waals surface area (Å²) in [5.74, 6) is 0.563. The highest BCUT2D eigenvalue weighted by atomic mass is 35.5. The first kappa shape index (κ1) is 13.8. The Morgan fingerprint density at radius 1 is 1.24 bits per heavy atom. The Morgan fingerprint density at radius 2 is 2.00 bits per heavy atom. The van der Waals surface area contributed by atoms with E-state index in [0.717, 1.165) is 17.2 Å². The summed E-state index contributed by atoms with van der Waals surface area (Å²) >= 11 is 5.81. The molecule has 3 rings (SSSR count). The number of sulfonamides is 1. The smallest absolute Gasteiger partial charge is 0.229 e. The highest BCUT2D eigenvalue weighted by Gasteiger charge is 2.13. The Balaban J connectivity index is 2.24. The van der Waals surface area contributed by atoms with Crippen molar-refractivity contribution >= 4 is 38.2 Å². The molecule has 0 atom stereocenters. The fraction of sp³-hybridized carbons (Fsp3) is 0.0769. The Hall–Kier alpha value is -2.12. The number of para-hydroxylation sites is 1. The quantitative estimate of drug-likeness (QED) is 0.751. The van der Waals surface area contributed by atoms with E-state index in [4.69, 9.17) is 11.6 Å². The molecule has 21 heavy (non-hydrogen) atoms. The molecule has 8 heteroatoms. The first-order chi connectivity index (χ1) is 9.94. The number of rotatable bonds is 3. The zero-order chi connectivity index (χ0) is 15.0. The van der Waals surface area contributed by atoms with Gasteiger partial charge in [0.2, 0.25) is 15.3 Å². The molecule has 0 aliphatic rings. The molecule has 0 aliphatic heterocycles. The van der Waals surface area contributed by atoms with Gasteiger partial charge in [-0.2, -0.15) is 4.98 Å². The zero-order valence-corrected chi connectivity index (χ0v) is 12.6. The molecule has 0 fully saturated rings. The molecule has 0 saturated heterocycles. The van der Waals surface area contributed by atoms with Crippen molar-refractivity contribution in [3.05, 3.63) is 48.0 Å². The molecule has 2 aromatic heterocycles. The van der Waals surface area contributed by atoms with Gasteiger partial charge < -0.3 is 0 Å². The predicted octanol–water partition coefficient (Wildman–Crippen LogP) is 2.45. The maximum atomic E-state index is 11.5. The van der Waals surface area contributed by atoms with E-state index in [9.17, 15) is 8.42 Å². The second kappa shape index (κ2) is 5.01. The highest BCUT2D eigenvalue weighted by molar-refractivity contribution is 7.92. The summed E-state index contributed by atoms with van der Waals surface area (Å²) in [5, 5.41) is 0.903. The molecule has 0 aliphatic carbocycles. The molecule has 108 valence electrons. The van der Waals surface area contributed by atoms with Gasteiger partial charge in [0.1, 0.15) is 5.82 Å². The van der Waals surface area contributed by atoms with Crippen molar-refractivity contribution in [2.45, 2.75) is 0 Å². The van der Waals surface area contributed by atoms with Gasteiger partial charge in [-0.3, -0.25) is 9.29 Å². The summed E-state index contributed by atoms with van der Waals surface area (Å²) in [5.41, 5.74) is 1.31. The summed E-state index contributed by atoms with van der Waals surface area (Å²) in [6, 6.07) is 9.11. The Labute approximate surface area is 126 Å². The molecule has 0 amide bonds. The number of fused-ring (bicyclic) bond motifs is 1. The van der Waals surface area contributed by atoms with Crippen LogP contribution in [0.5, 0.6) is 0 Å². The Morgan fingerprint density at radius 3 is 2.71 bits per heavy atom. The van der Waals surface area contributed by atoms with Gasteiger partial charge in [0.25, 0.3) is 0 Å². The molecule has 0 saturated carbocycles. The van der Waals surface area contributed by atoms with Crippen LogP contribution in [-0.2, 0) is 10.0 Å². The number of hydrogen-bond donors (Lipinski definition) is 1. The molecule has 6 nitrogen and oxygen atoms in total. The first-order valence-electron chi connectivity index (χ1n) is 6.01. The van der Waals surface area contributed by atoms with E-state index in [1.165, 1.54) is 0 Å². The monoisotopic (exact) mass is 322 g/mol. The van der Waals surface area contributed by atoms with E-state index in [1.54, 1.807) is 23.0 Å². The number of benzene rings is 1. The topological polar surface area (TPSA) is 76.9 Å². The summed E-state index contributed by atoms with van der Waals surface area (Å²) in [7, 11) is -3.37. The van der Waals surface area contributed by atoms with Gasteiger partial charge in [-0.1, -0.05) is 18.2 Å². The van der Waals surface area contributed by atoms with Crippen LogP contribution >= 0.6 is 11.6 Å². The molecule has 1 N–H and O–H groups in total. The average Bonchev–Trinajstić information content (AvgIpc) is 2.76. The van der Waals surface area contributed by atoms with Crippen LogP contribution < -0.4 is 4.72 Å². The lowest BCUT2D eigenvalue weighted by Gasteiger charge is -2.03. The second-order valence-electron chi connectivity index (χ2n) is 4.49. The predicted molar refractivity (Wildman–Crippen MR) is 82.3 cm³/mol. The van der Waals surface area contributed by atoms with Crippen LogP contribution in [0, 0.1) is 0 Å². The van der Waals surface area contributed by atoms with Gasteiger partial charge >= 0.3 is 0 Å². The number of anilines is 1. The van der Waals surface area contributed by atoms with Crippen molar-refractivity contribution in [2.24, 2.45) is 0 Å². The fourth-order valence-electron chi connectivity index (χ4n) is 2.11. The number of nitrogens with zero attached hydrogens (tertiary/aromatic N) is 3. The highest BCUT2D eigenvalue weighted by Crippen LogP contribution is 2.28. The van der Waals surface area contributed by atoms with Crippen LogP contribution in [0.3, 0.4) is 0 Å². The fourth-order valence-corrected chi connectivity index (χ4v) is 2.82. The minimum atomic E-state index is -3.37. The van der Waals surface area contributed by atoms with E-state index in [2.05, 4.69) is 14.7 Å². The molecule has 3 aromatic rings. The van der Waals surface area contributed by atoms with Crippen LogP contribution in [0.25, 0.3) is 16.7 Å². The standard InChI is InChI=1S/C13H11ClN4O2S/c1-21(19,20)17-10-8-18(11-5-3-2-4-9(10)11)12-6-7-15-13(14)16-12/h2-8,17H,1H3. The third-order valence-electron chi connectivity index (χ3n) is 2.87. The normalized spacial score (nSPS) is 11.7. The molecular weight excluding hydrogens is 312 g/mol. The Bertz CT molecular complexity index is 921. The summed E-state index contributed by atoms with van der Waals surface area (Å²) in [6.45, 7) is 0. The molecule has 2 heterocycles. The Kier molecular flexibility index (Phi) is 3.30. The van der Waals surface area contributed by atoms with Crippen LogP contribution in [0.2, 0.25) is 5.28 Å². The summed E-state index contributed by atoms with van der Waals surface area (Å²) in [4.78, 5) is 7.98. The zero-order valence-electron chi connectivity index (χ0n) is 11.0. The number of aromatic nitrogens is 3. The average molecular weight is 323 g/mol. The summed E-state index contributed by atoms with van der Waals surface area (Å²) < 4.78 is 27.2. The van der Waals surface area contributed by atoms with E-state index in [-0.39, 0.29) is 5.28 Å². The molecule has 0 unspecified atom stereocenters. The molecule has 0 spiro atoms. The van der Waals surface area contributed by atoms with Crippen LogP contribution in [-0.4, -0.2) is 29.2 Å². The van der Waals surface area contributed by atoms with Gasteiger partial charge in [0.05, 0.1) is 17.5 Å². The van der Waals surface area contributed by atoms with Crippen molar-refractivity contribution in [3.63, 3.8) is 0 Å². The molecule has 1 aromatic carbocycles. The van der Waals surface area contributed by atoms with Gasteiger partial charge in [-0.15, -0.1) is 0 Å². The minimum absolute atomic E-state index is 0.128. The van der Waals surface area contributed by atoms with Crippen molar-refractivity contribution in [1.82, 2.24) is 14.5 Å². The number of nitrogens with one attached hydrogen (secondary N) is 1. The SMILES string of the molecule is CS(=O)(=O)Nc1cn(-c2ccnc(Cl)n2)c2ccccc12. The van der Waals surface area contributed by atoms with E-state index < -0.39 is 10.0 Å². The van der Waals surface area contributed by atoms with Gasteiger partial charge in [-0.25, -0.2) is 13.4 Å². The van der Waals surface area contributed by atoms with Crippen molar-refractivity contribution < 1.29 is 8.42 Å². The minimum Gasteiger partial charge on any atom is -0.299 e. The van der Waals surface area contributed by atoms with E-state index in [1.807, 2.05) is 24.3 Å². The van der Waals surface area contributed by atoms with Crippen molar-refractivity contribution in [2.75, 3.05) is 11.0 Å². The van der Waals surface area contributed by atoms with Gasteiger partial charge in [-0.05, 0) is 23.7 Å². The molecule has 0 bridgehead atoms. The molecular formula is C13H11ClN4O2S. The summed E-state index contributed by atoms with van der Waals surface area (Å²) in [6.07, 6.45) is 4.33. The van der Waals surface area contributed by atoms with Crippen molar-refractivity contribution in [3.8, 4) is 5.82 Å². The van der Waals surface area contributed by atoms with Gasteiger partial charge in [0, 0.05) is 17.8 Å². The van der Waals surface area contributed by atoms with Crippen molar-refractivity contribution in [1.29, 1.82) is 0 Å². The maximum absolute atomic E-state index is 11.5. The van der Waals surface area contributed by atoms with Gasteiger partial charge in [0.15, 0.2) is 0 Å². The van der Waals surface area contributed by atoms with E-state index >= 15 is 0 Å². The van der Waals surface area contributed by atoms with Crippen LogP contribution in [0.1, 0.15) is 0 Å².